The van der Waals surface area contributed by atoms with Crippen molar-refractivity contribution in [1.82, 2.24) is 34.6 Å². The van der Waals surface area contributed by atoms with Gasteiger partial charge in [-0.1, -0.05) is 19.3 Å². The number of nitrogens with zero attached hydrogens (tertiary/aromatic N) is 8. The van der Waals surface area contributed by atoms with Gasteiger partial charge in [0, 0.05) is 59.9 Å². The van der Waals surface area contributed by atoms with E-state index in [1.807, 2.05) is 12.4 Å². The van der Waals surface area contributed by atoms with Crippen LogP contribution in [0.1, 0.15) is 60.5 Å². The molecule has 0 unspecified atom stereocenters. The van der Waals surface area contributed by atoms with E-state index in [0.29, 0.717) is 6.04 Å². The maximum absolute atomic E-state index is 4.82. The molecule has 1 aliphatic carbocycles. The molecule has 1 saturated carbocycles. The predicted molar refractivity (Wildman–Crippen MR) is 123 cm³/mol. The zero-order valence-corrected chi connectivity index (χ0v) is 18.7. The molecule has 5 heterocycles. The fourth-order valence-corrected chi connectivity index (χ4v) is 5.16. The van der Waals surface area contributed by atoms with E-state index in [0.717, 1.165) is 53.2 Å². The van der Waals surface area contributed by atoms with E-state index in [1.165, 1.54) is 43.4 Å². The molecule has 0 spiro atoms. The summed E-state index contributed by atoms with van der Waals surface area (Å²) in [4.78, 5) is 7.17. The molecule has 0 saturated heterocycles. The third-order valence-electron chi connectivity index (χ3n) is 7.19. The highest BCUT2D eigenvalue weighted by Crippen LogP contribution is 2.31. The SMILES string of the molecule is Cc1c(N2CCc3ncc(-c4cnn(C5CCCCC5)c4)cc3C2)nn2cnnc2c1C. The molecule has 0 radical (unpaired) electrons. The Morgan fingerprint density at radius 2 is 1.88 bits per heavy atom. The van der Waals surface area contributed by atoms with Gasteiger partial charge in [-0.2, -0.15) is 9.61 Å². The van der Waals surface area contributed by atoms with Crippen molar-refractivity contribution < 1.29 is 0 Å². The molecule has 1 fully saturated rings. The molecule has 0 N–H and O–H groups in total. The lowest BCUT2D eigenvalue weighted by Gasteiger charge is -2.30. The lowest BCUT2D eigenvalue weighted by molar-refractivity contribution is 0.329. The van der Waals surface area contributed by atoms with Crippen molar-refractivity contribution in [2.24, 2.45) is 0 Å². The number of hydrogen-bond donors (Lipinski definition) is 0. The summed E-state index contributed by atoms with van der Waals surface area (Å²) in [6.45, 7) is 5.91. The molecular formula is C24H28N8. The summed E-state index contributed by atoms with van der Waals surface area (Å²) >= 11 is 0. The van der Waals surface area contributed by atoms with Crippen LogP contribution < -0.4 is 4.90 Å². The van der Waals surface area contributed by atoms with Crippen molar-refractivity contribution >= 4 is 11.5 Å². The fraction of sp³-hybridized carbons (Fsp3) is 0.458. The predicted octanol–water partition coefficient (Wildman–Crippen LogP) is 4.07. The summed E-state index contributed by atoms with van der Waals surface area (Å²) in [5.41, 5.74) is 7.85. The van der Waals surface area contributed by atoms with Crippen LogP contribution in [0.4, 0.5) is 5.82 Å². The normalized spacial score (nSPS) is 17.1. The molecule has 164 valence electrons. The summed E-state index contributed by atoms with van der Waals surface area (Å²) in [6.07, 6.45) is 15.2. The molecule has 0 amide bonds. The molecule has 0 bridgehead atoms. The molecule has 1 aliphatic heterocycles. The van der Waals surface area contributed by atoms with Gasteiger partial charge in [-0.15, -0.1) is 15.3 Å². The molecule has 0 atom stereocenters. The third-order valence-corrected chi connectivity index (χ3v) is 7.19. The lowest BCUT2D eigenvalue weighted by Crippen LogP contribution is -2.32. The summed E-state index contributed by atoms with van der Waals surface area (Å²) in [6, 6.07) is 2.83. The van der Waals surface area contributed by atoms with E-state index < -0.39 is 0 Å². The van der Waals surface area contributed by atoms with Crippen LogP contribution in [0.3, 0.4) is 0 Å². The van der Waals surface area contributed by atoms with E-state index in [4.69, 9.17) is 10.1 Å². The van der Waals surface area contributed by atoms with Crippen molar-refractivity contribution in [2.75, 3.05) is 11.4 Å². The maximum atomic E-state index is 4.82. The van der Waals surface area contributed by atoms with Gasteiger partial charge in [-0.25, -0.2) is 0 Å². The standard InChI is InChI=1S/C24H28N8/c1-16-17(2)24(29-32-15-26-28-23(16)32)30-9-8-22-19(13-30)10-18(11-25-22)20-12-27-31(14-20)21-6-4-3-5-7-21/h10-12,14-15,21H,3-9,13H2,1-2H3. The van der Waals surface area contributed by atoms with E-state index in [1.54, 1.807) is 10.8 Å². The molecule has 4 aromatic heterocycles. The van der Waals surface area contributed by atoms with Gasteiger partial charge >= 0.3 is 0 Å². The van der Waals surface area contributed by atoms with E-state index in [2.05, 4.69) is 51.0 Å². The first-order valence-electron chi connectivity index (χ1n) is 11.6. The molecule has 6 rings (SSSR count). The summed E-state index contributed by atoms with van der Waals surface area (Å²) in [5, 5.41) is 17.7. The van der Waals surface area contributed by atoms with Crippen LogP contribution in [-0.4, -0.2) is 41.1 Å². The van der Waals surface area contributed by atoms with Crippen LogP contribution in [0, 0.1) is 13.8 Å². The van der Waals surface area contributed by atoms with Crippen LogP contribution in [0.25, 0.3) is 16.8 Å². The van der Waals surface area contributed by atoms with Crippen molar-refractivity contribution in [3.63, 3.8) is 0 Å². The first-order chi connectivity index (χ1) is 15.7. The maximum Gasteiger partial charge on any atom is 0.180 e. The van der Waals surface area contributed by atoms with Gasteiger partial charge in [0.1, 0.15) is 6.33 Å². The largest absolute Gasteiger partial charge is 0.350 e. The van der Waals surface area contributed by atoms with Crippen LogP contribution in [0.2, 0.25) is 0 Å². The quantitative estimate of drug-likeness (QED) is 0.490. The fourth-order valence-electron chi connectivity index (χ4n) is 5.16. The zero-order chi connectivity index (χ0) is 21.7. The number of fused-ring (bicyclic) bond motifs is 2. The number of rotatable bonds is 3. The topological polar surface area (TPSA) is 77.0 Å². The van der Waals surface area contributed by atoms with Gasteiger partial charge < -0.3 is 4.90 Å². The average Bonchev–Trinajstić information content (AvgIpc) is 3.51. The van der Waals surface area contributed by atoms with Gasteiger partial charge in [0.15, 0.2) is 11.5 Å². The minimum absolute atomic E-state index is 0.545. The van der Waals surface area contributed by atoms with Crippen molar-refractivity contribution in [2.45, 2.75) is 65.0 Å². The number of anilines is 1. The Labute approximate surface area is 187 Å². The van der Waals surface area contributed by atoms with Crippen LogP contribution in [-0.2, 0) is 13.0 Å². The Kier molecular flexibility index (Phi) is 4.66. The van der Waals surface area contributed by atoms with Crippen LogP contribution in [0.15, 0.2) is 31.0 Å². The zero-order valence-electron chi connectivity index (χ0n) is 18.7. The summed E-state index contributed by atoms with van der Waals surface area (Å²) in [7, 11) is 0. The Hall–Kier alpha value is -3.29. The van der Waals surface area contributed by atoms with Crippen LogP contribution in [0.5, 0.6) is 0 Å². The minimum atomic E-state index is 0.545. The highest BCUT2D eigenvalue weighted by Gasteiger charge is 2.23. The van der Waals surface area contributed by atoms with Gasteiger partial charge in [0.2, 0.25) is 0 Å². The van der Waals surface area contributed by atoms with E-state index in [-0.39, 0.29) is 0 Å². The number of pyridine rings is 1. The Bertz CT molecular complexity index is 1280. The second kappa shape index (κ2) is 7.69. The monoisotopic (exact) mass is 428 g/mol. The molecule has 8 nitrogen and oxygen atoms in total. The molecule has 0 aromatic carbocycles. The lowest BCUT2D eigenvalue weighted by atomic mass is 9.96. The summed E-state index contributed by atoms with van der Waals surface area (Å²) in [5.74, 6) is 0.996. The minimum Gasteiger partial charge on any atom is -0.350 e. The van der Waals surface area contributed by atoms with Gasteiger partial charge in [-0.3, -0.25) is 9.67 Å². The molecular weight excluding hydrogens is 400 g/mol. The number of hydrogen-bond acceptors (Lipinski definition) is 6. The van der Waals surface area contributed by atoms with Crippen LogP contribution >= 0.6 is 0 Å². The van der Waals surface area contributed by atoms with E-state index in [9.17, 15) is 0 Å². The van der Waals surface area contributed by atoms with Crippen molar-refractivity contribution in [1.29, 1.82) is 0 Å². The Morgan fingerprint density at radius 3 is 2.75 bits per heavy atom. The smallest absolute Gasteiger partial charge is 0.180 e. The Balaban J connectivity index is 1.29. The second-order valence-corrected chi connectivity index (χ2v) is 9.17. The van der Waals surface area contributed by atoms with Gasteiger partial charge in [0.05, 0.1) is 12.2 Å². The highest BCUT2D eigenvalue weighted by atomic mass is 15.4. The summed E-state index contributed by atoms with van der Waals surface area (Å²) < 4.78 is 3.95. The average molecular weight is 429 g/mol. The Morgan fingerprint density at radius 1 is 1.00 bits per heavy atom. The van der Waals surface area contributed by atoms with Crippen molar-refractivity contribution in [3.05, 3.63) is 53.4 Å². The first-order valence-corrected chi connectivity index (χ1v) is 11.6. The highest BCUT2D eigenvalue weighted by molar-refractivity contribution is 5.63. The van der Waals surface area contributed by atoms with Gasteiger partial charge in [0.25, 0.3) is 0 Å². The molecule has 4 aromatic rings. The number of aromatic nitrogens is 7. The molecule has 32 heavy (non-hydrogen) atoms. The third kappa shape index (κ3) is 3.25. The molecule has 2 aliphatic rings. The first kappa shape index (κ1) is 19.4. The van der Waals surface area contributed by atoms with E-state index >= 15 is 0 Å². The second-order valence-electron chi connectivity index (χ2n) is 9.17. The van der Waals surface area contributed by atoms with Gasteiger partial charge in [-0.05, 0) is 38.3 Å². The molecule has 8 heteroatoms. The number of aryl methyl sites for hydroxylation is 1. The van der Waals surface area contributed by atoms with Crippen molar-refractivity contribution in [3.8, 4) is 11.1 Å².